The molecule has 1 aromatic rings. The van der Waals surface area contributed by atoms with Crippen LogP contribution in [-0.2, 0) is 6.54 Å². The monoisotopic (exact) mass is 227 g/mol. The van der Waals surface area contributed by atoms with Gasteiger partial charge in [0.05, 0.1) is 26.2 Å². The lowest BCUT2D eigenvalue weighted by atomic mass is 10.2. The predicted octanol–water partition coefficient (Wildman–Crippen LogP) is -0.217. The van der Waals surface area contributed by atoms with Crippen LogP contribution in [0.15, 0.2) is 18.2 Å². The van der Waals surface area contributed by atoms with Crippen molar-refractivity contribution in [1.29, 1.82) is 0 Å². The van der Waals surface area contributed by atoms with Crippen LogP contribution in [0.3, 0.4) is 0 Å². The zero-order chi connectivity index (χ0) is 10.2. The number of ether oxygens (including phenoxy) is 1. The van der Waals surface area contributed by atoms with Crippen LogP contribution in [0.25, 0.3) is 0 Å². The molecule has 1 aliphatic heterocycles. The summed E-state index contributed by atoms with van der Waals surface area (Å²) in [5.41, 5.74) is 1.35. The summed E-state index contributed by atoms with van der Waals surface area (Å²) in [5.74, 6) is 2.19. The van der Waals surface area contributed by atoms with E-state index >= 15 is 0 Å². The first kappa shape index (κ1) is 12.3. The number of hydrogen-bond donors (Lipinski definition) is 0. The van der Waals surface area contributed by atoms with Crippen LogP contribution < -0.4 is 17.1 Å². The van der Waals surface area contributed by atoms with Crippen LogP contribution in [-0.4, -0.2) is 25.1 Å². The molecule has 0 atom stereocenters. The molecular formula is C12H18ClNO. The largest absolute Gasteiger partial charge is 1.00 e. The molecule has 2 rings (SSSR count). The van der Waals surface area contributed by atoms with Crippen molar-refractivity contribution in [2.24, 2.45) is 0 Å². The second-order valence-corrected chi connectivity index (χ2v) is 4.66. The van der Waals surface area contributed by atoms with Crippen molar-refractivity contribution in [1.82, 2.24) is 0 Å². The van der Waals surface area contributed by atoms with Crippen LogP contribution in [0.4, 0.5) is 0 Å². The summed E-state index contributed by atoms with van der Waals surface area (Å²) >= 11 is 0. The number of benzene rings is 1. The molecular weight excluding hydrogens is 210 g/mol. The highest BCUT2D eigenvalue weighted by molar-refractivity contribution is 5.58. The van der Waals surface area contributed by atoms with Crippen LogP contribution in [0, 0.1) is 0 Å². The van der Waals surface area contributed by atoms with E-state index in [2.05, 4.69) is 33.2 Å². The van der Waals surface area contributed by atoms with E-state index < -0.39 is 0 Å². The van der Waals surface area contributed by atoms with Crippen molar-refractivity contribution in [3.63, 3.8) is 0 Å². The Morgan fingerprint density at radius 2 is 2.00 bits per heavy atom. The Bertz CT molecular complexity index is 349. The molecule has 0 spiro atoms. The second kappa shape index (κ2) is 4.42. The van der Waals surface area contributed by atoms with Gasteiger partial charge in [0.2, 0.25) is 0 Å². The number of rotatable bonds is 4. The molecule has 1 aromatic carbocycles. The lowest BCUT2D eigenvalue weighted by Crippen LogP contribution is -3.00. The smallest absolute Gasteiger partial charge is 0.178 e. The third-order valence-electron chi connectivity index (χ3n) is 2.66. The number of fused-ring (bicyclic) bond motifs is 1. The summed E-state index contributed by atoms with van der Waals surface area (Å²) < 4.78 is 6.42. The van der Waals surface area contributed by atoms with Crippen molar-refractivity contribution >= 4 is 0 Å². The molecule has 84 valence electrons. The molecule has 0 aromatic heterocycles. The van der Waals surface area contributed by atoms with E-state index in [4.69, 9.17) is 4.74 Å². The van der Waals surface area contributed by atoms with Crippen LogP contribution in [0.2, 0.25) is 0 Å². The van der Waals surface area contributed by atoms with Gasteiger partial charge in [-0.1, -0.05) is 13.0 Å². The molecule has 15 heavy (non-hydrogen) atoms. The summed E-state index contributed by atoms with van der Waals surface area (Å²) in [5, 5.41) is 0. The number of quaternary nitrogens is 1. The number of para-hydroxylation sites is 1. The van der Waals surface area contributed by atoms with E-state index in [0.717, 1.165) is 22.5 Å². The van der Waals surface area contributed by atoms with Gasteiger partial charge < -0.3 is 21.6 Å². The molecule has 0 amide bonds. The molecule has 0 radical (unpaired) electrons. The summed E-state index contributed by atoms with van der Waals surface area (Å²) in [6, 6.07) is 6.27. The highest BCUT2D eigenvalue weighted by Crippen LogP contribution is 2.48. The Morgan fingerprint density at radius 1 is 1.27 bits per heavy atom. The van der Waals surface area contributed by atoms with Gasteiger partial charge in [0.25, 0.3) is 0 Å². The third-order valence-corrected chi connectivity index (χ3v) is 2.66. The fourth-order valence-corrected chi connectivity index (χ4v) is 2.02. The summed E-state index contributed by atoms with van der Waals surface area (Å²) in [6.07, 6.45) is 1.23. The molecule has 0 saturated carbocycles. The maximum absolute atomic E-state index is 5.38. The van der Waals surface area contributed by atoms with Gasteiger partial charge in [-0.15, -0.1) is 0 Å². The van der Waals surface area contributed by atoms with Gasteiger partial charge in [-0.3, -0.25) is 0 Å². The number of nitrogens with zero attached hydrogens (tertiary/aromatic N) is 1. The van der Waals surface area contributed by atoms with E-state index in [1.165, 1.54) is 18.5 Å². The van der Waals surface area contributed by atoms with Gasteiger partial charge >= 0.3 is 0 Å². The fraction of sp³-hybridized carbons (Fsp3) is 0.500. The zero-order valence-corrected chi connectivity index (χ0v) is 10.3. The molecule has 0 fully saturated rings. The maximum atomic E-state index is 5.38. The molecule has 0 aliphatic carbocycles. The minimum Gasteiger partial charge on any atom is -1.00 e. The van der Waals surface area contributed by atoms with E-state index in [9.17, 15) is 0 Å². The Morgan fingerprint density at radius 3 is 2.67 bits per heavy atom. The number of halogens is 1. The van der Waals surface area contributed by atoms with Crippen LogP contribution in [0.1, 0.15) is 18.9 Å². The quantitative estimate of drug-likeness (QED) is 0.520. The zero-order valence-electron chi connectivity index (χ0n) is 9.59. The highest BCUT2D eigenvalue weighted by atomic mass is 35.5. The normalized spacial score (nSPS) is 12.5. The van der Waals surface area contributed by atoms with Crippen molar-refractivity contribution in [3.8, 4) is 11.5 Å². The summed E-state index contributed by atoms with van der Waals surface area (Å²) in [7, 11) is 4.54. The van der Waals surface area contributed by atoms with E-state index in [0.29, 0.717) is 0 Å². The van der Waals surface area contributed by atoms with Gasteiger partial charge in [0.1, 0.15) is 6.54 Å². The number of hydrogen-bond acceptors (Lipinski definition) is 1. The molecule has 0 N–H and O–H groups in total. The lowest BCUT2D eigenvalue weighted by molar-refractivity contribution is -0.903. The van der Waals surface area contributed by atoms with Crippen LogP contribution >= 0.6 is 0 Å². The molecule has 3 heteroatoms. The topological polar surface area (TPSA) is 12.5 Å². The average molecular weight is 228 g/mol. The van der Waals surface area contributed by atoms with Crippen molar-refractivity contribution in [2.45, 2.75) is 19.9 Å². The second-order valence-electron chi connectivity index (χ2n) is 4.66. The Balaban J connectivity index is 0.00000112. The molecule has 0 unspecified atom stereocenters. The van der Waals surface area contributed by atoms with E-state index in [1.54, 1.807) is 0 Å². The van der Waals surface area contributed by atoms with Crippen molar-refractivity contribution < 1.29 is 21.6 Å². The minimum atomic E-state index is 0. The van der Waals surface area contributed by atoms with Crippen molar-refractivity contribution in [3.05, 3.63) is 23.8 Å². The SMILES string of the molecule is CCC[N+](C)(C)Cc1cccc2c1O2.[Cl-]. The third kappa shape index (κ3) is 2.86. The van der Waals surface area contributed by atoms with Gasteiger partial charge in [-0.25, -0.2) is 0 Å². The van der Waals surface area contributed by atoms with E-state index in [1.807, 2.05) is 6.07 Å². The van der Waals surface area contributed by atoms with Gasteiger partial charge in [0, 0.05) is 0 Å². The molecule has 1 aliphatic rings. The maximum Gasteiger partial charge on any atom is 0.178 e. The summed E-state index contributed by atoms with van der Waals surface area (Å²) in [4.78, 5) is 0. The predicted molar refractivity (Wildman–Crippen MR) is 57.5 cm³/mol. The Hall–Kier alpha value is -0.730. The highest BCUT2D eigenvalue weighted by Gasteiger charge is 2.27. The molecule has 0 bridgehead atoms. The first-order valence-corrected chi connectivity index (χ1v) is 5.24. The van der Waals surface area contributed by atoms with Gasteiger partial charge in [-0.2, -0.15) is 0 Å². The molecule has 2 nitrogen and oxygen atoms in total. The Kier molecular flexibility index (Phi) is 3.63. The van der Waals surface area contributed by atoms with Gasteiger partial charge in [0.15, 0.2) is 11.5 Å². The Labute approximate surface area is 97.9 Å². The van der Waals surface area contributed by atoms with Gasteiger partial charge in [-0.05, 0) is 18.6 Å². The minimum absolute atomic E-state index is 0. The first-order chi connectivity index (χ1) is 6.62. The van der Waals surface area contributed by atoms with E-state index in [-0.39, 0.29) is 12.4 Å². The standard InChI is InChI=1S/C12H18NO.ClH/c1-4-8-13(2,3)9-10-6-5-7-11-12(10)14-11;/h5-7H,4,8-9H2,1-3H3;1H/q+1;/p-1. The fourth-order valence-electron chi connectivity index (χ4n) is 2.02. The average Bonchev–Trinajstić information content (AvgIpc) is 2.82. The molecule has 1 heterocycles. The molecule has 0 saturated heterocycles. The lowest BCUT2D eigenvalue weighted by Gasteiger charge is -2.29. The first-order valence-electron chi connectivity index (χ1n) is 5.24. The van der Waals surface area contributed by atoms with Crippen LogP contribution in [0.5, 0.6) is 11.5 Å². The summed E-state index contributed by atoms with van der Waals surface area (Å²) in [6.45, 7) is 4.51. The van der Waals surface area contributed by atoms with Crippen molar-refractivity contribution in [2.75, 3.05) is 20.6 Å².